The Morgan fingerprint density at radius 3 is 2.46 bits per heavy atom. The number of hydrogen-bond acceptors (Lipinski definition) is 6. The third kappa shape index (κ3) is 5.43. The lowest BCUT2D eigenvalue weighted by molar-refractivity contribution is -0.122. The molecule has 1 fully saturated rings. The highest BCUT2D eigenvalue weighted by Crippen LogP contribution is 2.34. The van der Waals surface area contributed by atoms with Crippen LogP contribution >= 0.6 is 12.4 Å². The molecule has 0 bridgehead atoms. The Hall–Kier alpha value is -1.70. The van der Waals surface area contributed by atoms with E-state index < -0.39 is 0 Å². The highest BCUT2D eigenvalue weighted by atomic mass is 35.5. The van der Waals surface area contributed by atoms with Crippen molar-refractivity contribution >= 4 is 18.3 Å². The quantitative estimate of drug-likeness (QED) is 0.759. The molecule has 2 N–H and O–H groups in total. The van der Waals surface area contributed by atoms with E-state index in [0.29, 0.717) is 43.4 Å². The van der Waals surface area contributed by atoms with E-state index in [4.69, 9.17) is 18.9 Å². The maximum atomic E-state index is 12.1. The van der Waals surface area contributed by atoms with E-state index in [2.05, 4.69) is 10.6 Å². The smallest absolute Gasteiger partial charge is 0.221 e. The first kappa shape index (κ1) is 20.3. The molecule has 0 radical (unpaired) electrons. The van der Waals surface area contributed by atoms with Crippen molar-refractivity contribution in [2.75, 3.05) is 41.1 Å². The first-order chi connectivity index (χ1) is 11.2. The first-order valence-electron chi connectivity index (χ1n) is 7.54. The fraction of sp³-hybridized carbons (Fsp3) is 0.562. The van der Waals surface area contributed by atoms with Crippen LogP contribution < -0.4 is 24.8 Å². The molecule has 1 unspecified atom stereocenters. The number of hydrogen-bond donors (Lipinski definition) is 2. The van der Waals surface area contributed by atoms with Gasteiger partial charge in [0.25, 0.3) is 0 Å². The van der Waals surface area contributed by atoms with Gasteiger partial charge in [-0.3, -0.25) is 4.79 Å². The van der Waals surface area contributed by atoms with Gasteiger partial charge in [0.1, 0.15) is 5.75 Å². The number of amides is 1. The number of ether oxygens (including phenoxy) is 4. The van der Waals surface area contributed by atoms with Crippen molar-refractivity contribution < 1.29 is 23.7 Å². The van der Waals surface area contributed by atoms with Crippen molar-refractivity contribution in [3.8, 4) is 17.2 Å². The van der Waals surface area contributed by atoms with Gasteiger partial charge in [-0.15, -0.1) is 12.4 Å². The van der Waals surface area contributed by atoms with Crippen LogP contribution in [0.3, 0.4) is 0 Å². The van der Waals surface area contributed by atoms with Crippen molar-refractivity contribution in [1.29, 1.82) is 0 Å². The van der Waals surface area contributed by atoms with Gasteiger partial charge in [-0.1, -0.05) is 0 Å². The van der Waals surface area contributed by atoms with Gasteiger partial charge in [0.05, 0.1) is 34.5 Å². The number of rotatable bonds is 7. The number of carbonyl (C=O) groups excluding carboxylic acids is 1. The fourth-order valence-corrected chi connectivity index (χ4v) is 2.47. The number of nitrogens with one attached hydrogen (secondary N) is 2. The van der Waals surface area contributed by atoms with E-state index in [1.807, 2.05) is 0 Å². The molecule has 24 heavy (non-hydrogen) atoms. The third-order valence-electron chi connectivity index (χ3n) is 3.69. The predicted octanol–water partition coefficient (Wildman–Crippen LogP) is 1.13. The van der Waals surface area contributed by atoms with Crippen LogP contribution in [0.15, 0.2) is 12.1 Å². The molecule has 7 nitrogen and oxygen atoms in total. The van der Waals surface area contributed by atoms with Crippen LogP contribution in [0.1, 0.15) is 12.0 Å². The second-order valence-corrected chi connectivity index (χ2v) is 5.23. The predicted molar refractivity (Wildman–Crippen MR) is 92.4 cm³/mol. The van der Waals surface area contributed by atoms with Gasteiger partial charge >= 0.3 is 0 Å². The largest absolute Gasteiger partial charge is 0.496 e. The molecule has 1 aliphatic heterocycles. The van der Waals surface area contributed by atoms with E-state index in [0.717, 1.165) is 12.1 Å². The SMILES string of the molecule is COc1cc(OC)c(OC)cc1CNC(=O)CC1COCCN1.Cl. The van der Waals surface area contributed by atoms with Crippen molar-refractivity contribution in [2.45, 2.75) is 19.0 Å². The summed E-state index contributed by atoms with van der Waals surface area (Å²) in [7, 11) is 4.72. The van der Waals surface area contributed by atoms with E-state index in [9.17, 15) is 4.79 Å². The van der Waals surface area contributed by atoms with Gasteiger partial charge in [-0.05, 0) is 6.07 Å². The Balaban J connectivity index is 0.00000288. The molecule has 1 aliphatic rings. The van der Waals surface area contributed by atoms with Crippen molar-refractivity contribution in [3.63, 3.8) is 0 Å². The van der Waals surface area contributed by atoms with E-state index in [-0.39, 0.29) is 24.4 Å². The molecule has 1 aromatic carbocycles. The Morgan fingerprint density at radius 2 is 1.88 bits per heavy atom. The summed E-state index contributed by atoms with van der Waals surface area (Å²) in [5.74, 6) is 1.79. The minimum atomic E-state index is -0.0372. The minimum Gasteiger partial charge on any atom is -0.496 e. The monoisotopic (exact) mass is 360 g/mol. The van der Waals surface area contributed by atoms with Crippen molar-refractivity contribution in [3.05, 3.63) is 17.7 Å². The van der Waals surface area contributed by atoms with Crippen LogP contribution in [-0.4, -0.2) is 53.0 Å². The maximum Gasteiger partial charge on any atom is 0.221 e. The number of benzene rings is 1. The average molecular weight is 361 g/mol. The molecule has 1 heterocycles. The summed E-state index contributed by atoms with van der Waals surface area (Å²) < 4.78 is 21.2. The summed E-state index contributed by atoms with van der Waals surface area (Å²) in [6.07, 6.45) is 0.385. The average Bonchev–Trinajstić information content (AvgIpc) is 2.59. The topological polar surface area (TPSA) is 78.0 Å². The van der Waals surface area contributed by atoms with Gasteiger partial charge in [0, 0.05) is 37.2 Å². The minimum absolute atomic E-state index is 0. The van der Waals surface area contributed by atoms with Gasteiger partial charge < -0.3 is 29.6 Å². The maximum absolute atomic E-state index is 12.1. The molecule has 136 valence electrons. The zero-order valence-corrected chi connectivity index (χ0v) is 15.0. The lowest BCUT2D eigenvalue weighted by Crippen LogP contribution is -2.44. The summed E-state index contributed by atoms with van der Waals surface area (Å²) in [6.45, 7) is 2.39. The van der Waals surface area contributed by atoms with Gasteiger partial charge in [0.2, 0.25) is 5.91 Å². The highest BCUT2D eigenvalue weighted by molar-refractivity contribution is 5.85. The third-order valence-corrected chi connectivity index (χ3v) is 3.69. The summed E-state index contributed by atoms with van der Waals surface area (Å²) >= 11 is 0. The number of halogens is 1. The first-order valence-corrected chi connectivity index (χ1v) is 7.54. The molecule has 0 aliphatic carbocycles. The molecule has 1 aromatic rings. The lowest BCUT2D eigenvalue weighted by atomic mass is 10.1. The Bertz CT molecular complexity index is 535. The van der Waals surface area contributed by atoms with E-state index in [1.165, 1.54) is 0 Å². The number of morpholine rings is 1. The molecule has 1 atom stereocenters. The highest BCUT2D eigenvalue weighted by Gasteiger charge is 2.17. The van der Waals surface area contributed by atoms with Crippen molar-refractivity contribution in [1.82, 2.24) is 10.6 Å². The lowest BCUT2D eigenvalue weighted by Gasteiger charge is -2.23. The number of methoxy groups -OCH3 is 3. The van der Waals surface area contributed by atoms with Crippen LogP contribution in [0.4, 0.5) is 0 Å². The standard InChI is InChI=1S/C16H24N2O5.ClH/c1-20-13-8-15(22-3)14(21-2)6-11(13)9-18-16(19)7-12-10-23-5-4-17-12;/h6,8,12,17H,4-5,7,9-10H2,1-3H3,(H,18,19);1H. The van der Waals surface area contributed by atoms with Gasteiger partial charge in [-0.2, -0.15) is 0 Å². The molecule has 0 aromatic heterocycles. The summed E-state index contributed by atoms with van der Waals surface area (Å²) in [4.78, 5) is 12.1. The van der Waals surface area contributed by atoms with Crippen LogP contribution in [0.25, 0.3) is 0 Å². The van der Waals surface area contributed by atoms with Crippen LogP contribution in [0.2, 0.25) is 0 Å². The molecule has 0 spiro atoms. The van der Waals surface area contributed by atoms with Crippen LogP contribution in [0.5, 0.6) is 17.2 Å². The zero-order valence-electron chi connectivity index (χ0n) is 14.2. The molecule has 0 saturated carbocycles. The molecule has 1 amide bonds. The summed E-state index contributed by atoms with van der Waals surface area (Å²) in [5.41, 5.74) is 0.825. The van der Waals surface area contributed by atoms with Crippen LogP contribution in [-0.2, 0) is 16.1 Å². The summed E-state index contributed by atoms with van der Waals surface area (Å²) in [6, 6.07) is 3.62. The summed E-state index contributed by atoms with van der Waals surface area (Å²) in [5, 5.41) is 6.16. The Labute approximate surface area is 148 Å². The molecule has 2 rings (SSSR count). The van der Waals surface area contributed by atoms with Crippen molar-refractivity contribution in [2.24, 2.45) is 0 Å². The molecule has 1 saturated heterocycles. The zero-order chi connectivity index (χ0) is 16.7. The fourth-order valence-electron chi connectivity index (χ4n) is 2.47. The Kier molecular flexibility index (Phi) is 8.67. The second-order valence-electron chi connectivity index (χ2n) is 5.23. The molecular formula is C16H25ClN2O5. The molecular weight excluding hydrogens is 336 g/mol. The van der Waals surface area contributed by atoms with E-state index >= 15 is 0 Å². The van der Waals surface area contributed by atoms with E-state index in [1.54, 1.807) is 33.5 Å². The molecule has 8 heteroatoms. The normalized spacial score (nSPS) is 16.7. The Morgan fingerprint density at radius 1 is 1.21 bits per heavy atom. The number of carbonyl (C=O) groups is 1. The van der Waals surface area contributed by atoms with Crippen LogP contribution in [0, 0.1) is 0 Å². The van der Waals surface area contributed by atoms with Gasteiger partial charge in [-0.25, -0.2) is 0 Å². The van der Waals surface area contributed by atoms with Gasteiger partial charge in [0.15, 0.2) is 11.5 Å². The second kappa shape index (κ2) is 10.2.